The van der Waals surface area contributed by atoms with Crippen molar-refractivity contribution in [1.29, 1.82) is 0 Å². The number of amides is 1. The van der Waals surface area contributed by atoms with E-state index in [-0.39, 0.29) is 11.9 Å². The van der Waals surface area contributed by atoms with Gasteiger partial charge in [0.2, 0.25) is 0 Å². The van der Waals surface area contributed by atoms with Gasteiger partial charge in [0, 0.05) is 11.9 Å². The summed E-state index contributed by atoms with van der Waals surface area (Å²) in [6, 6.07) is 2.07. The Balaban J connectivity index is 3.17. The molecule has 0 aromatic heterocycles. The third-order valence-electron chi connectivity index (χ3n) is 2.40. The molecule has 0 saturated carbocycles. The van der Waals surface area contributed by atoms with Crippen LogP contribution in [0.15, 0.2) is 18.2 Å². The maximum Gasteiger partial charge on any atom is 0.406 e. The lowest BCUT2D eigenvalue weighted by Gasteiger charge is -2.23. The van der Waals surface area contributed by atoms with E-state index in [0.717, 1.165) is 12.1 Å². The lowest BCUT2D eigenvalue weighted by molar-refractivity contribution is -0.385. The van der Waals surface area contributed by atoms with Crippen molar-refractivity contribution in [2.45, 2.75) is 6.18 Å². The predicted molar refractivity (Wildman–Crippen MR) is 68.8 cm³/mol. The van der Waals surface area contributed by atoms with Crippen molar-refractivity contribution in [2.24, 2.45) is 0 Å². The fraction of sp³-hybridized carbons (Fsp3) is 0.364. The van der Waals surface area contributed by atoms with Gasteiger partial charge >= 0.3 is 6.18 Å². The van der Waals surface area contributed by atoms with Crippen LogP contribution in [0.25, 0.3) is 0 Å². The second-order valence-corrected chi connectivity index (χ2v) is 4.74. The first kappa shape index (κ1) is 17.3. The van der Waals surface area contributed by atoms with E-state index < -0.39 is 40.6 Å². The van der Waals surface area contributed by atoms with Crippen LogP contribution >= 0.6 is 15.9 Å². The molecule has 10 heteroatoms. The number of hydrogen-bond acceptors (Lipinski definition) is 3. The summed E-state index contributed by atoms with van der Waals surface area (Å²) in [5, 5.41) is 10.8. The molecule has 5 nitrogen and oxygen atoms in total. The largest absolute Gasteiger partial charge is 0.406 e. The molecule has 21 heavy (non-hydrogen) atoms. The van der Waals surface area contributed by atoms with Crippen molar-refractivity contribution >= 4 is 27.5 Å². The van der Waals surface area contributed by atoms with Crippen LogP contribution in [0.3, 0.4) is 0 Å². The van der Waals surface area contributed by atoms with Crippen molar-refractivity contribution in [3.8, 4) is 0 Å². The van der Waals surface area contributed by atoms with E-state index >= 15 is 0 Å². The number of hydrogen-bond donors (Lipinski definition) is 0. The minimum absolute atomic E-state index is 0.0593. The van der Waals surface area contributed by atoms with Crippen LogP contribution in [0.1, 0.15) is 10.4 Å². The van der Waals surface area contributed by atoms with Gasteiger partial charge in [-0.15, -0.1) is 0 Å². The van der Waals surface area contributed by atoms with Gasteiger partial charge in [-0.3, -0.25) is 14.9 Å². The first-order valence-corrected chi connectivity index (χ1v) is 6.64. The number of rotatable bonds is 5. The first-order valence-electron chi connectivity index (χ1n) is 5.51. The van der Waals surface area contributed by atoms with E-state index in [2.05, 4.69) is 15.9 Å². The van der Waals surface area contributed by atoms with Crippen LogP contribution in [0.5, 0.6) is 0 Å². The normalized spacial score (nSPS) is 11.3. The molecule has 1 aromatic carbocycles. The lowest BCUT2D eigenvalue weighted by atomic mass is 10.1. The zero-order chi connectivity index (χ0) is 16.2. The van der Waals surface area contributed by atoms with E-state index in [1.807, 2.05) is 0 Å². The molecule has 0 radical (unpaired) electrons. The van der Waals surface area contributed by atoms with Crippen LogP contribution in [0, 0.1) is 15.9 Å². The van der Waals surface area contributed by atoms with Gasteiger partial charge in [0.25, 0.3) is 11.6 Å². The summed E-state index contributed by atoms with van der Waals surface area (Å²) in [5.41, 5.74) is -1.46. The van der Waals surface area contributed by atoms with Crippen LogP contribution in [-0.4, -0.2) is 40.3 Å². The van der Waals surface area contributed by atoms with Gasteiger partial charge < -0.3 is 4.90 Å². The molecule has 1 rings (SSSR count). The standard InChI is InChI=1S/C11H9BrF4N2O3/c12-3-4-17(6-11(14,15)16)10(19)8-2-1-7(13)5-9(8)18(20)21/h1-2,5H,3-4,6H2. The average Bonchev–Trinajstić information content (AvgIpc) is 2.35. The molecule has 0 heterocycles. The average molecular weight is 373 g/mol. The Labute approximate surface area is 124 Å². The number of nitrogens with zero attached hydrogens (tertiary/aromatic N) is 2. The third kappa shape index (κ3) is 4.96. The topological polar surface area (TPSA) is 63.4 Å². The monoisotopic (exact) mass is 372 g/mol. The van der Waals surface area contributed by atoms with Crippen LogP contribution in [0.4, 0.5) is 23.2 Å². The van der Waals surface area contributed by atoms with Gasteiger partial charge in [-0.25, -0.2) is 4.39 Å². The summed E-state index contributed by atoms with van der Waals surface area (Å²) in [5.74, 6) is -2.14. The molecule has 0 unspecified atom stereocenters. The van der Waals surface area contributed by atoms with Crippen LogP contribution in [0.2, 0.25) is 0 Å². The first-order chi connectivity index (χ1) is 9.65. The van der Waals surface area contributed by atoms with Gasteiger partial charge in [-0.2, -0.15) is 13.2 Å². The molecule has 0 spiro atoms. The third-order valence-corrected chi connectivity index (χ3v) is 2.75. The van der Waals surface area contributed by atoms with Gasteiger partial charge in [-0.05, 0) is 12.1 Å². The molecule has 0 atom stereocenters. The smallest absolute Gasteiger partial charge is 0.328 e. The molecule has 116 valence electrons. The maximum atomic E-state index is 13.0. The minimum Gasteiger partial charge on any atom is -0.328 e. The number of nitro benzene ring substituents is 1. The van der Waals surface area contributed by atoms with E-state index in [0.29, 0.717) is 11.0 Å². The molecule has 1 aromatic rings. The summed E-state index contributed by atoms with van der Waals surface area (Å²) < 4.78 is 50.3. The maximum absolute atomic E-state index is 13.0. The Hall–Kier alpha value is -1.71. The second-order valence-electron chi connectivity index (χ2n) is 3.95. The molecular weight excluding hydrogens is 364 g/mol. The molecule has 0 saturated heterocycles. The molecular formula is C11H9BrF4N2O3. The number of carbonyl (C=O) groups excluding carboxylic acids is 1. The summed E-state index contributed by atoms with van der Waals surface area (Å²) in [7, 11) is 0. The number of halogens is 5. The predicted octanol–water partition coefficient (Wildman–Crippen LogP) is 3.13. The van der Waals surface area contributed by atoms with Gasteiger partial charge in [0.05, 0.1) is 11.0 Å². The number of carbonyl (C=O) groups is 1. The summed E-state index contributed by atoms with van der Waals surface area (Å²) in [6.45, 7) is -1.85. The second kappa shape index (κ2) is 6.83. The molecule has 0 bridgehead atoms. The molecule has 1 amide bonds. The Bertz CT molecular complexity index is 551. The summed E-state index contributed by atoms with van der Waals surface area (Å²) in [6.07, 6.45) is -4.65. The number of alkyl halides is 4. The Morgan fingerprint density at radius 3 is 2.48 bits per heavy atom. The molecule has 0 fully saturated rings. The Kier molecular flexibility index (Phi) is 5.64. The van der Waals surface area contributed by atoms with Gasteiger partial charge in [0.15, 0.2) is 0 Å². The fourth-order valence-corrected chi connectivity index (χ4v) is 2.01. The quantitative estimate of drug-likeness (QED) is 0.345. The van der Waals surface area contributed by atoms with Crippen molar-refractivity contribution in [1.82, 2.24) is 4.90 Å². The molecule has 0 N–H and O–H groups in total. The highest BCUT2D eigenvalue weighted by Crippen LogP contribution is 2.24. The zero-order valence-electron chi connectivity index (χ0n) is 10.4. The molecule has 0 aliphatic heterocycles. The van der Waals surface area contributed by atoms with Gasteiger partial charge in [-0.1, -0.05) is 15.9 Å². The van der Waals surface area contributed by atoms with Crippen LogP contribution in [-0.2, 0) is 0 Å². The van der Waals surface area contributed by atoms with Gasteiger partial charge in [0.1, 0.15) is 17.9 Å². The van der Waals surface area contributed by atoms with Crippen molar-refractivity contribution in [2.75, 3.05) is 18.4 Å². The van der Waals surface area contributed by atoms with E-state index in [1.54, 1.807) is 0 Å². The van der Waals surface area contributed by atoms with Crippen molar-refractivity contribution in [3.05, 3.63) is 39.7 Å². The Morgan fingerprint density at radius 2 is 2.00 bits per heavy atom. The van der Waals surface area contributed by atoms with E-state index in [4.69, 9.17) is 0 Å². The minimum atomic E-state index is -4.65. The number of benzene rings is 1. The zero-order valence-corrected chi connectivity index (χ0v) is 11.9. The highest BCUT2D eigenvalue weighted by atomic mass is 79.9. The van der Waals surface area contributed by atoms with Crippen molar-refractivity contribution < 1.29 is 27.3 Å². The summed E-state index contributed by atoms with van der Waals surface area (Å²) >= 11 is 2.90. The van der Waals surface area contributed by atoms with E-state index in [9.17, 15) is 32.5 Å². The van der Waals surface area contributed by atoms with Crippen LogP contribution < -0.4 is 0 Å². The highest BCUT2D eigenvalue weighted by molar-refractivity contribution is 9.09. The summed E-state index contributed by atoms with van der Waals surface area (Å²) in [4.78, 5) is 22.2. The lowest BCUT2D eigenvalue weighted by Crippen LogP contribution is -2.40. The fourth-order valence-electron chi connectivity index (χ4n) is 1.58. The molecule has 0 aliphatic rings. The molecule has 0 aliphatic carbocycles. The Morgan fingerprint density at radius 1 is 1.38 bits per heavy atom. The van der Waals surface area contributed by atoms with E-state index in [1.165, 1.54) is 0 Å². The van der Waals surface area contributed by atoms with Crippen molar-refractivity contribution in [3.63, 3.8) is 0 Å². The SMILES string of the molecule is O=C(c1ccc(F)cc1[N+](=O)[O-])N(CCBr)CC(F)(F)F. The highest BCUT2D eigenvalue weighted by Gasteiger charge is 2.35. The number of nitro groups is 1.